The van der Waals surface area contributed by atoms with Crippen LogP contribution in [0.5, 0.6) is 5.75 Å². The zero-order chi connectivity index (χ0) is 27.5. The summed E-state index contributed by atoms with van der Waals surface area (Å²) < 4.78 is 19.8. The summed E-state index contributed by atoms with van der Waals surface area (Å²) in [6, 6.07) is 30.9. The summed E-state index contributed by atoms with van der Waals surface area (Å²) in [5, 5.41) is 0. The van der Waals surface area contributed by atoms with E-state index in [9.17, 15) is 14.0 Å². The third-order valence-electron chi connectivity index (χ3n) is 7.21. The lowest BCUT2D eigenvalue weighted by Gasteiger charge is -2.36. The fraction of sp³-hybridized carbons (Fsp3) is 0.152. The average molecular weight is 534 g/mol. The Labute approximate surface area is 232 Å². The van der Waals surface area contributed by atoms with Crippen LogP contribution in [0.4, 0.5) is 15.8 Å². The van der Waals surface area contributed by atoms with Gasteiger partial charge in [-0.1, -0.05) is 54.6 Å². The van der Waals surface area contributed by atoms with E-state index in [1.807, 2.05) is 53.4 Å². The number of fused-ring (bicyclic) bond motifs is 1. The highest BCUT2D eigenvalue weighted by molar-refractivity contribution is 6.09. The molecule has 0 aromatic heterocycles. The van der Waals surface area contributed by atoms with Gasteiger partial charge in [0.25, 0.3) is 11.8 Å². The highest BCUT2D eigenvalue weighted by Gasteiger charge is 2.30. The zero-order valence-electron chi connectivity index (χ0n) is 21.9. The summed E-state index contributed by atoms with van der Waals surface area (Å²) in [6.45, 7) is 3.09. The molecule has 0 atom stereocenters. The van der Waals surface area contributed by atoms with Crippen LogP contribution in [0.2, 0.25) is 0 Å². The summed E-state index contributed by atoms with van der Waals surface area (Å²) in [6.07, 6.45) is 1.67. The van der Waals surface area contributed by atoms with E-state index >= 15 is 0 Å². The van der Waals surface area contributed by atoms with Crippen molar-refractivity contribution in [2.24, 2.45) is 0 Å². The lowest BCUT2D eigenvalue weighted by Crippen LogP contribution is -2.48. The molecule has 0 N–H and O–H groups in total. The van der Waals surface area contributed by atoms with Crippen LogP contribution in [-0.4, -0.2) is 42.9 Å². The number of carbonyl (C=O) groups excluding carboxylic acids is 2. The molecule has 4 aromatic rings. The second-order valence-electron chi connectivity index (χ2n) is 9.84. The standard InChI is InChI=1S/C33H28FN3O3/c34-27-8-6-7-25(21-27)23-37-29-11-4-5-12-30(29)40-31(33(37)39)22-24-13-15-26(16-14-24)32(38)36-19-17-35(18-20-36)28-9-2-1-3-10-28/h1-16,21-22H,17-20,23H2. The minimum Gasteiger partial charge on any atom is -0.449 e. The maximum atomic E-state index is 13.8. The first-order valence-corrected chi connectivity index (χ1v) is 13.3. The third-order valence-corrected chi connectivity index (χ3v) is 7.21. The van der Waals surface area contributed by atoms with Gasteiger partial charge in [-0.15, -0.1) is 0 Å². The molecule has 6 rings (SSSR count). The summed E-state index contributed by atoms with van der Waals surface area (Å²) in [4.78, 5) is 32.4. The predicted octanol–water partition coefficient (Wildman–Crippen LogP) is 5.75. The summed E-state index contributed by atoms with van der Waals surface area (Å²) in [5.74, 6) is 0.0267. The van der Waals surface area contributed by atoms with Gasteiger partial charge < -0.3 is 14.5 Å². The Morgan fingerprint density at radius 2 is 1.55 bits per heavy atom. The minimum atomic E-state index is -0.352. The smallest absolute Gasteiger partial charge is 0.294 e. The van der Waals surface area contributed by atoms with E-state index in [1.54, 1.807) is 41.3 Å². The van der Waals surface area contributed by atoms with E-state index in [-0.39, 0.29) is 29.9 Å². The lowest BCUT2D eigenvalue weighted by molar-refractivity contribution is -0.117. The van der Waals surface area contributed by atoms with E-state index in [4.69, 9.17) is 4.74 Å². The van der Waals surface area contributed by atoms with Crippen molar-refractivity contribution in [1.29, 1.82) is 0 Å². The van der Waals surface area contributed by atoms with Gasteiger partial charge in [-0.05, 0) is 65.7 Å². The maximum absolute atomic E-state index is 13.8. The number of carbonyl (C=O) groups is 2. The molecular formula is C33H28FN3O3. The molecule has 40 heavy (non-hydrogen) atoms. The van der Waals surface area contributed by atoms with Crippen molar-refractivity contribution < 1.29 is 18.7 Å². The quantitative estimate of drug-likeness (QED) is 0.307. The van der Waals surface area contributed by atoms with Gasteiger partial charge in [0.15, 0.2) is 11.5 Å². The Bertz CT molecular complexity index is 1560. The first-order valence-electron chi connectivity index (χ1n) is 13.3. The van der Waals surface area contributed by atoms with Gasteiger partial charge in [0.1, 0.15) is 5.82 Å². The molecule has 0 spiro atoms. The molecule has 200 valence electrons. The summed E-state index contributed by atoms with van der Waals surface area (Å²) in [5.41, 5.74) is 3.81. The number of para-hydroxylation sites is 3. The Hall–Kier alpha value is -4.91. The fourth-order valence-electron chi connectivity index (χ4n) is 5.10. The number of rotatable bonds is 5. The first-order chi connectivity index (χ1) is 19.5. The number of piperazine rings is 1. The van der Waals surface area contributed by atoms with Crippen molar-refractivity contribution >= 4 is 29.3 Å². The number of benzene rings is 4. The molecule has 6 nitrogen and oxygen atoms in total. The highest BCUT2D eigenvalue weighted by atomic mass is 19.1. The molecule has 0 radical (unpaired) electrons. The first kappa shape index (κ1) is 25.4. The van der Waals surface area contributed by atoms with Crippen LogP contribution < -0.4 is 14.5 Å². The largest absolute Gasteiger partial charge is 0.449 e. The molecule has 4 aromatic carbocycles. The Balaban J connectivity index is 1.17. The molecule has 2 aliphatic heterocycles. The van der Waals surface area contributed by atoms with Gasteiger partial charge in [0.05, 0.1) is 12.2 Å². The molecule has 2 heterocycles. The van der Waals surface area contributed by atoms with E-state index in [1.165, 1.54) is 17.8 Å². The van der Waals surface area contributed by atoms with Gasteiger partial charge in [-0.3, -0.25) is 14.5 Å². The number of amides is 2. The molecule has 0 saturated carbocycles. The molecule has 1 fully saturated rings. The SMILES string of the molecule is O=C(c1ccc(C=C2Oc3ccccc3N(Cc3cccc(F)c3)C2=O)cc1)N1CCN(c2ccccc2)CC1. The van der Waals surface area contributed by atoms with Crippen LogP contribution in [0.1, 0.15) is 21.5 Å². The molecule has 1 saturated heterocycles. The van der Waals surface area contributed by atoms with Crippen molar-refractivity contribution in [3.63, 3.8) is 0 Å². The summed E-state index contributed by atoms with van der Waals surface area (Å²) >= 11 is 0. The number of hydrogen-bond acceptors (Lipinski definition) is 4. The number of halogens is 1. The van der Waals surface area contributed by atoms with Crippen LogP contribution in [-0.2, 0) is 11.3 Å². The molecule has 2 aliphatic rings. The highest BCUT2D eigenvalue weighted by Crippen LogP contribution is 2.36. The van der Waals surface area contributed by atoms with E-state index in [0.717, 1.165) is 18.7 Å². The van der Waals surface area contributed by atoms with Crippen LogP contribution in [0, 0.1) is 5.82 Å². The summed E-state index contributed by atoms with van der Waals surface area (Å²) in [7, 11) is 0. The normalized spacial score (nSPS) is 16.1. The lowest BCUT2D eigenvalue weighted by atomic mass is 10.1. The second kappa shape index (κ2) is 11.1. The average Bonchev–Trinajstić information content (AvgIpc) is 3.00. The molecule has 0 unspecified atom stereocenters. The third kappa shape index (κ3) is 5.31. The van der Waals surface area contributed by atoms with Gasteiger partial charge in [-0.25, -0.2) is 4.39 Å². The predicted molar refractivity (Wildman–Crippen MR) is 154 cm³/mol. The van der Waals surface area contributed by atoms with Gasteiger partial charge >= 0.3 is 0 Å². The van der Waals surface area contributed by atoms with E-state index < -0.39 is 0 Å². The number of nitrogens with zero attached hydrogens (tertiary/aromatic N) is 3. The van der Waals surface area contributed by atoms with E-state index in [2.05, 4.69) is 17.0 Å². The minimum absolute atomic E-state index is 0.00731. The number of anilines is 2. The molecule has 7 heteroatoms. The Kier molecular flexibility index (Phi) is 7.02. The van der Waals surface area contributed by atoms with E-state index in [0.29, 0.717) is 35.7 Å². The van der Waals surface area contributed by atoms with Gasteiger partial charge in [-0.2, -0.15) is 0 Å². The molecule has 0 aliphatic carbocycles. The van der Waals surface area contributed by atoms with Crippen LogP contribution in [0.25, 0.3) is 6.08 Å². The van der Waals surface area contributed by atoms with Gasteiger partial charge in [0.2, 0.25) is 0 Å². The monoisotopic (exact) mass is 533 g/mol. The Morgan fingerprint density at radius 1 is 0.825 bits per heavy atom. The van der Waals surface area contributed by atoms with Crippen molar-refractivity contribution in [2.75, 3.05) is 36.0 Å². The molecule has 0 bridgehead atoms. The number of hydrogen-bond donors (Lipinski definition) is 0. The van der Waals surface area contributed by atoms with Crippen LogP contribution in [0.3, 0.4) is 0 Å². The maximum Gasteiger partial charge on any atom is 0.294 e. The van der Waals surface area contributed by atoms with Crippen molar-refractivity contribution in [3.8, 4) is 5.75 Å². The second-order valence-corrected chi connectivity index (χ2v) is 9.84. The van der Waals surface area contributed by atoms with Crippen LogP contribution in [0.15, 0.2) is 109 Å². The topological polar surface area (TPSA) is 53.1 Å². The fourth-order valence-corrected chi connectivity index (χ4v) is 5.10. The van der Waals surface area contributed by atoms with Crippen molar-refractivity contribution in [3.05, 3.63) is 131 Å². The molecule has 2 amide bonds. The number of ether oxygens (including phenoxy) is 1. The zero-order valence-corrected chi connectivity index (χ0v) is 21.9. The van der Waals surface area contributed by atoms with Crippen LogP contribution >= 0.6 is 0 Å². The molecular weight excluding hydrogens is 505 g/mol. The van der Waals surface area contributed by atoms with Crippen molar-refractivity contribution in [2.45, 2.75) is 6.54 Å². The Morgan fingerprint density at radius 3 is 2.30 bits per heavy atom. The van der Waals surface area contributed by atoms with Crippen molar-refractivity contribution in [1.82, 2.24) is 4.90 Å². The van der Waals surface area contributed by atoms with Gasteiger partial charge in [0, 0.05) is 37.4 Å².